The quantitative estimate of drug-likeness (QED) is 0.812. The lowest BCUT2D eigenvalue weighted by Crippen LogP contribution is -2.01. The van der Waals surface area contributed by atoms with Gasteiger partial charge in [0.15, 0.2) is 0 Å². The molecule has 0 bridgehead atoms. The van der Waals surface area contributed by atoms with Crippen molar-refractivity contribution in [3.05, 3.63) is 63.1 Å². The van der Waals surface area contributed by atoms with E-state index in [0.717, 1.165) is 12.2 Å². The number of rotatable bonds is 3. The Kier molecular flexibility index (Phi) is 4.15. The van der Waals surface area contributed by atoms with E-state index in [4.69, 9.17) is 23.2 Å². The minimum Gasteiger partial charge on any atom is -0.381 e. The molecule has 2 aromatic rings. The maximum atomic E-state index is 5.96. The van der Waals surface area contributed by atoms with Gasteiger partial charge in [0.2, 0.25) is 0 Å². The van der Waals surface area contributed by atoms with Crippen molar-refractivity contribution < 1.29 is 0 Å². The molecule has 0 aliphatic heterocycles. The molecule has 0 aliphatic carbocycles. The van der Waals surface area contributed by atoms with Gasteiger partial charge in [-0.1, -0.05) is 47.0 Å². The lowest BCUT2D eigenvalue weighted by Gasteiger charge is -2.10. The molecule has 0 aliphatic rings. The molecular formula is C15H15Cl2N. The Bertz CT molecular complexity index is 544. The Labute approximate surface area is 118 Å². The van der Waals surface area contributed by atoms with Crippen LogP contribution in [0.2, 0.25) is 10.0 Å². The molecule has 3 heteroatoms. The first-order valence-electron chi connectivity index (χ1n) is 5.81. The standard InChI is InChI=1S/C15H15Cl2N/c1-10-3-4-11(2)12(5-10)9-18-15-7-13(16)6-14(17)8-15/h3-8,18H,9H2,1-2H3. The van der Waals surface area contributed by atoms with Crippen molar-refractivity contribution in [3.8, 4) is 0 Å². The van der Waals surface area contributed by atoms with Crippen LogP contribution in [0.15, 0.2) is 36.4 Å². The van der Waals surface area contributed by atoms with Crippen LogP contribution in [0.5, 0.6) is 0 Å². The Morgan fingerprint density at radius 2 is 1.61 bits per heavy atom. The maximum absolute atomic E-state index is 5.96. The summed E-state index contributed by atoms with van der Waals surface area (Å²) < 4.78 is 0. The van der Waals surface area contributed by atoms with Crippen LogP contribution in [0.25, 0.3) is 0 Å². The lowest BCUT2D eigenvalue weighted by molar-refractivity contribution is 1.11. The van der Waals surface area contributed by atoms with Crippen LogP contribution in [-0.4, -0.2) is 0 Å². The summed E-state index contributed by atoms with van der Waals surface area (Å²) in [7, 11) is 0. The van der Waals surface area contributed by atoms with Gasteiger partial charge in [0.1, 0.15) is 0 Å². The average molecular weight is 280 g/mol. The SMILES string of the molecule is Cc1ccc(C)c(CNc2cc(Cl)cc(Cl)c2)c1. The van der Waals surface area contributed by atoms with Gasteiger partial charge >= 0.3 is 0 Å². The predicted molar refractivity (Wildman–Crippen MR) is 79.7 cm³/mol. The summed E-state index contributed by atoms with van der Waals surface area (Å²) in [4.78, 5) is 0. The van der Waals surface area contributed by atoms with Crippen molar-refractivity contribution in [3.63, 3.8) is 0 Å². The average Bonchev–Trinajstić information content (AvgIpc) is 2.29. The van der Waals surface area contributed by atoms with Crippen LogP contribution in [0.1, 0.15) is 16.7 Å². The van der Waals surface area contributed by atoms with Crippen molar-refractivity contribution in [2.45, 2.75) is 20.4 Å². The largest absolute Gasteiger partial charge is 0.381 e. The Morgan fingerprint density at radius 3 is 2.28 bits per heavy atom. The van der Waals surface area contributed by atoms with E-state index in [-0.39, 0.29) is 0 Å². The topological polar surface area (TPSA) is 12.0 Å². The molecule has 94 valence electrons. The van der Waals surface area contributed by atoms with Gasteiger partial charge in [-0.25, -0.2) is 0 Å². The molecule has 18 heavy (non-hydrogen) atoms. The Hall–Kier alpha value is -1.18. The van der Waals surface area contributed by atoms with Crippen molar-refractivity contribution in [1.29, 1.82) is 0 Å². The predicted octanol–water partition coefficient (Wildman–Crippen LogP) is 5.22. The number of anilines is 1. The molecule has 0 saturated carbocycles. The lowest BCUT2D eigenvalue weighted by atomic mass is 10.1. The Morgan fingerprint density at radius 1 is 0.944 bits per heavy atom. The summed E-state index contributed by atoms with van der Waals surface area (Å²) in [6.45, 7) is 4.98. The fourth-order valence-electron chi connectivity index (χ4n) is 1.84. The van der Waals surface area contributed by atoms with E-state index in [1.807, 2.05) is 12.1 Å². The van der Waals surface area contributed by atoms with Crippen molar-refractivity contribution in [2.24, 2.45) is 0 Å². The molecule has 0 heterocycles. The zero-order valence-corrected chi connectivity index (χ0v) is 11.9. The van der Waals surface area contributed by atoms with E-state index in [2.05, 4.69) is 37.4 Å². The monoisotopic (exact) mass is 279 g/mol. The molecule has 1 N–H and O–H groups in total. The second-order valence-electron chi connectivity index (χ2n) is 4.44. The van der Waals surface area contributed by atoms with Gasteiger partial charge in [-0.05, 0) is 43.2 Å². The van der Waals surface area contributed by atoms with E-state index >= 15 is 0 Å². The molecule has 1 nitrogen and oxygen atoms in total. The summed E-state index contributed by atoms with van der Waals surface area (Å²) in [6, 6.07) is 11.9. The summed E-state index contributed by atoms with van der Waals surface area (Å²) in [5.41, 5.74) is 4.77. The first kappa shape index (κ1) is 13.3. The number of hydrogen-bond donors (Lipinski definition) is 1. The van der Waals surface area contributed by atoms with Gasteiger partial charge in [0, 0.05) is 22.3 Å². The van der Waals surface area contributed by atoms with Crippen LogP contribution in [0.4, 0.5) is 5.69 Å². The zero-order valence-electron chi connectivity index (χ0n) is 10.4. The van der Waals surface area contributed by atoms with Gasteiger partial charge in [0.25, 0.3) is 0 Å². The van der Waals surface area contributed by atoms with Gasteiger partial charge in [0.05, 0.1) is 0 Å². The summed E-state index contributed by atoms with van der Waals surface area (Å²) in [6.07, 6.45) is 0. The van der Waals surface area contributed by atoms with E-state index in [0.29, 0.717) is 10.0 Å². The summed E-state index contributed by atoms with van der Waals surface area (Å²) >= 11 is 11.9. The summed E-state index contributed by atoms with van der Waals surface area (Å²) in [5, 5.41) is 4.63. The highest BCUT2D eigenvalue weighted by Crippen LogP contribution is 2.23. The van der Waals surface area contributed by atoms with Crippen LogP contribution in [0, 0.1) is 13.8 Å². The number of nitrogens with one attached hydrogen (secondary N) is 1. The highest BCUT2D eigenvalue weighted by Gasteiger charge is 2.01. The number of benzene rings is 2. The Balaban J connectivity index is 2.13. The second-order valence-corrected chi connectivity index (χ2v) is 5.31. The molecule has 0 saturated heterocycles. The third kappa shape index (κ3) is 3.41. The third-order valence-electron chi connectivity index (χ3n) is 2.85. The zero-order chi connectivity index (χ0) is 13.1. The molecule has 0 amide bonds. The summed E-state index contributed by atoms with van der Waals surface area (Å²) in [5.74, 6) is 0. The van der Waals surface area contributed by atoms with Crippen LogP contribution in [0.3, 0.4) is 0 Å². The minimum absolute atomic E-state index is 0.644. The molecule has 2 rings (SSSR count). The van der Waals surface area contributed by atoms with E-state index in [1.54, 1.807) is 6.07 Å². The van der Waals surface area contributed by atoms with Crippen LogP contribution >= 0.6 is 23.2 Å². The van der Waals surface area contributed by atoms with E-state index < -0.39 is 0 Å². The van der Waals surface area contributed by atoms with E-state index in [1.165, 1.54) is 16.7 Å². The van der Waals surface area contributed by atoms with Crippen molar-refractivity contribution >= 4 is 28.9 Å². The normalized spacial score (nSPS) is 10.4. The first-order valence-corrected chi connectivity index (χ1v) is 6.56. The van der Waals surface area contributed by atoms with Gasteiger partial charge in [-0.3, -0.25) is 0 Å². The third-order valence-corrected chi connectivity index (χ3v) is 3.29. The first-order chi connectivity index (χ1) is 8.54. The maximum Gasteiger partial charge on any atom is 0.0441 e. The molecule has 0 radical (unpaired) electrons. The fraction of sp³-hybridized carbons (Fsp3) is 0.200. The molecular weight excluding hydrogens is 265 g/mol. The van der Waals surface area contributed by atoms with Gasteiger partial charge < -0.3 is 5.32 Å². The fourth-order valence-corrected chi connectivity index (χ4v) is 2.37. The molecule has 0 fully saturated rings. The second kappa shape index (κ2) is 5.64. The van der Waals surface area contributed by atoms with E-state index in [9.17, 15) is 0 Å². The van der Waals surface area contributed by atoms with Crippen LogP contribution in [-0.2, 0) is 6.54 Å². The number of hydrogen-bond acceptors (Lipinski definition) is 1. The molecule has 0 spiro atoms. The van der Waals surface area contributed by atoms with Gasteiger partial charge in [-0.2, -0.15) is 0 Å². The molecule has 0 unspecified atom stereocenters. The number of halogens is 2. The highest BCUT2D eigenvalue weighted by atomic mass is 35.5. The van der Waals surface area contributed by atoms with Gasteiger partial charge in [-0.15, -0.1) is 0 Å². The highest BCUT2D eigenvalue weighted by molar-refractivity contribution is 6.35. The van der Waals surface area contributed by atoms with Crippen molar-refractivity contribution in [2.75, 3.05) is 5.32 Å². The molecule has 2 aromatic carbocycles. The smallest absolute Gasteiger partial charge is 0.0441 e. The van der Waals surface area contributed by atoms with Crippen LogP contribution < -0.4 is 5.32 Å². The molecule has 0 atom stereocenters. The van der Waals surface area contributed by atoms with Crippen molar-refractivity contribution in [1.82, 2.24) is 0 Å². The minimum atomic E-state index is 0.644. The molecule has 0 aromatic heterocycles. The number of aryl methyl sites for hydroxylation is 2.